The van der Waals surface area contributed by atoms with E-state index in [4.69, 9.17) is 0 Å². The minimum absolute atomic E-state index is 0.275. The van der Waals surface area contributed by atoms with Crippen molar-refractivity contribution in [3.63, 3.8) is 0 Å². The molecule has 1 amide bonds. The van der Waals surface area contributed by atoms with E-state index in [0.717, 1.165) is 10.6 Å². The van der Waals surface area contributed by atoms with E-state index < -0.39 is 0 Å². The Morgan fingerprint density at radius 1 is 1.14 bits per heavy atom. The quantitative estimate of drug-likeness (QED) is 0.773. The number of aryl methyl sites for hydroxylation is 1. The highest BCUT2D eigenvalue weighted by Crippen LogP contribution is 2.28. The normalized spacial score (nSPS) is 10.5. The molecule has 5 heteroatoms. The molecule has 0 aliphatic carbocycles. The van der Waals surface area contributed by atoms with Gasteiger partial charge in [0.05, 0.1) is 5.69 Å². The average Bonchev–Trinajstić information content (AvgIpc) is 2.90. The molecule has 3 nitrogen and oxygen atoms in total. The van der Waals surface area contributed by atoms with Gasteiger partial charge in [0.2, 0.25) is 0 Å². The van der Waals surface area contributed by atoms with E-state index in [1.54, 1.807) is 19.1 Å². The number of halogens is 1. The summed E-state index contributed by atoms with van der Waals surface area (Å²) in [7, 11) is 0. The maximum absolute atomic E-state index is 13.2. The minimum Gasteiger partial charge on any atom is -0.321 e. The molecule has 3 aromatic rings. The molecule has 1 aromatic heterocycles. The summed E-state index contributed by atoms with van der Waals surface area (Å²) in [6, 6.07) is 15.5. The molecule has 110 valence electrons. The van der Waals surface area contributed by atoms with E-state index >= 15 is 0 Å². The van der Waals surface area contributed by atoms with Gasteiger partial charge in [-0.15, -0.1) is 11.3 Å². The van der Waals surface area contributed by atoms with Gasteiger partial charge in [-0.05, 0) is 25.1 Å². The van der Waals surface area contributed by atoms with Gasteiger partial charge in [0.25, 0.3) is 5.91 Å². The highest BCUT2D eigenvalue weighted by Gasteiger charge is 2.16. The number of anilines is 1. The third-order valence-electron chi connectivity index (χ3n) is 3.11. The van der Waals surface area contributed by atoms with E-state index in [1.165, 1.54) is 23.5 Å². The fourth-order valence-electron chi connectivity index (χ4n) is 2.07. The van der Waals surface area contributed by atoms with Crippen molar-refractivity contribution in [2.75, 3.05) is 5.32 Å². The molecule has 0 aliphatic rings. The number of thiazole rings is 1. The van der Waals surface area contributed by atoms with Crippen molar-refractivity contribution >= 4 is 22.9 Å². The summed E-state index contributed by atoms with van der Waals surface area (Å²) in [6.07, 6.45) is 0. The van der Waals surface area contributed by atoms with Gasteiger partial charge in [-0.3, -0.25) is 4.79 Å². The van der Waals surface area contributed by atoms with E-state index in [0.29, 0.717) is 16.3 Å². The van der Waals surface area contributed by atoms with Crippen molar-refractivity contribution in [1.82, 2.24) is 4.98 Å². The second kappa shape index (κ2) is 6.07. The Kier molecular flexibility index (Phi) is 3.98. The molecule has 0 saturated carbocycles. The lowest BCUT2D eigenvalue weighted by Crippen LogP contribution is -2.11. The van der Waals surface area contributed by atoms with Crippen molar-refractivity contribution in [2.45, 2.75) is 6.92 Å². The number of amides is 1. The van der Waals surface area contributed by atoms with Crippen molar-refractivity contribution in [3.8, 4) is 10.6 Å². The van der Waals surface area contributed by atoms with Gasteiger partial charge >= 0.3 is 0 Å². The van der Waals surface area contributed by atoms with Gasteiger partial charge in [0.1, 0.15) is 15.7 Å². The molecule has 2 aromatic carbocycles. The average molecular weight is 312 g/mol. The zero-order valence-electron chi connectivity index (χ0n) is 11.8. The Morgan fingerprint density at radius 2 is 1.91 bits per heavy atom. The molecule has 0 atom stereocenters. The topological polar surface area (TPSA) is 42.0 Å². The number of benzene rings is 2. The molecule has 0 aliphatic heterocycles. The summed E-state index contributed by atoms with van der Waals surface area (Å²) in [6.45, 7) is 1.80. The number of nitrogens with zero attached hydrogens (tertiary/aromatic N) is 1. The third-order valence-corrected chi connectivity index (χ3v) is 4.31. The van der Waals surface area contributed by atoms with Gasteiger partial charge in [-0.1, -0.05) is 36.4 Å². The van der Waals surface area contributed by atoms with Crippen LogP contribution in [-0.4, -0.2) is 10.9 Å². The molecule has 0 unspecified atom stereocenters. The summed E-state index contributed by atoms with van der Waals surface area (Å²) in [5.41, 5.74) is 2.07. The zero-order valence-corrected chi connectivity index (χ0v) is 12.7. The molecule has 1 N–H and O–H groups in total. The molecular formula is C17H13FN2OS. The lowest BCUT2D eigenvalue weighted by molar-refractivity contribution is 0.103. The van der Waals surface area contributed by atoms with Crippen LogP contribution in [0.15, 0.2) is 54.6 Å². The lowest BCUT2D eigenvalue weighted by atomic mass is 10.2. The lowest BCUT2D eigenvalue weighted by Gasteiger charge is -2.03. The van der Waals surface area contributed by atoms with Crippen LogP contribution in [-0.2, 0) is 0 Å². The van der Waals surface area contributed by atoms with Crippen LogP contribution in [0.1, 0.15) is 15.4 Å². The van der Waals surface area contributed by atoms with Gasteiger partial charge in [-0.25, -0.2) is 9.37 Å². The highest BCUT2D eigenvalue weighted by molar-refractivity contribution is 7.17. The Labute approximate surface area is 131 Å². The van der Waals surface area contributed by atoms with Crippen LogP contribution in [0.3, 0.4) is 0 Å². The monoisotopic (exact) mass is 312 g/mol. The molecule has 0 bridgehead atoms. The number of hydrogen-bond acceptors (Lipinski definition) is 3. The second-order valence-electron chi connectivity index (χ2n) is 4.76. The SMILES string of the molecule is Cc1nc(-c2ccccc2)sc1C(=O)Nc1cccc(F)c1. The largest absolute Gasteiger partial charge is 0.321 e. The smallest absolute Gasteiger partial charge is 0.267 e. The Morgan fingerprint density at radius 3 is 2.64 bits per heavy atom. The standard InChI is InChI=1S/C17H13FN2OS/c1-11-15(16(21)20-14-9-5-8-13(18)10-14)22-17(19-11)12-6-3-2-4-7-12/h2-10H,1H3,(H,20,21). The van der Waals surface area contributed by atoms with Crippen LogP contribution in [0, 0.1) is 12.7 Å². The van der Waals surface area contributed by atoms with Gasteiger partial charge in [0.15, 0.2) is 0 Å². The van der Waals surface area contributed by atoms with Crippen LogP contribution >= 0.6 is 11.3 Å². The molecule has 3 rings (SSSR count). The first kappa shape index (κ1) is 14.4. The first-order chi connectivity index (χ1) is 10.6. The van der Waals surface area contributed by atoms with Gasteiger partial charge in [-0.2, -0.15) is 0 Å². The Hall–Kier alpha value is -2.53. The van der Waals surface area contributed by atoms with Gasteiger partial charge in [0, 0.05) is 11.3 Å². The number of rotatable bonds is 3. The Bertz CT molecular complexity index is 815. The van der Waals surface area contributed by atoms with E-state index in [9.17, 15) is 9.18 Å². The molecule has 0 spiro atoms. The zero-order chi connectivity index (χ0) is 15.5. The number of hydrogen-bond donors (Lipinski definition) is 1. The highest BCUT2D eigenvalue weighted by atomic mass is 32.1. The van der Waals surface area contributed by atoms with Gasteiger partial charge < -0.3 is 5.32 Å². The molecular weight excluding hydrogens is 299 g/mol. The summed E-state index contributed by atoms with van der Waals surface area (Å²) in [5.74, 6) is -0.661. The van der Waals surface area contributed by atoms with E-state index in [2.05, 4.69) is 10.3 Å². The number of carbonyl (C=O) groups is 1. The van der Waals surface area contributed by atoms with Crippen LogP contribution in [0.4, 0.5) is 10.1 Å². The summed E-state index contributed by atoms with van der Waals surface area (Å²) < 4.78 is 13.2. The molecule has 1 heterocycles. The summed E-state index contributed by atoms with van der Waals surface area (Å²) in [5, 5.41) is 3.49. The predicted octanol–water partition coefficient (Wildman–Crippen LogP) is 4.51. The van der Waals surface area contributed by atoms with Crippen LogP contribution < -0.4 is 5.32 Å². The molecule has 0 saturated heterocycles. The third kappa shape index (κ3) is 3.04. The predicted molar refractivity (Wildman–Crippen MR) is 86.6 cm³/mol. The van der Waals surface area contributed by atoms with Crippen LogP contribution in [0.2, 0.25) is 0 Å². The number of aromatic nitrogens is 1. The van der Waals surface area contributed by atoms with Crippen molar-refractivity contribution < 1.29 is 9.18 Å². The second-order valence-corrected chi connectivity index (χ2v) is 5.76. The maximum Gasteiger partial charge on any atom is 0.267 e. The molecule has 0 fully saturated rings. The summed E-state index contributed by atoms with van der Waals surface area (Å²) >= 11 is 1.33. The van der Waals surface area contributed by atoms with Crippen molar-refractivity contribution in [2.24, 2.45) is 0 Å². The molecule has 0 radical (unpaired) electrons. The maximum atomic E-state index is 13.2. The first-order valence-corrected chi connectivity index (χ1v) is 7.55. The van der Waals surface area contributed by atoms with Crippen LogP contribution in [0.25, 0.3) is 10.6 Å². The van der Waals surface area contributed by atoms with E-state index in [1.807, 2.05) is 30.3 Å². The first-order valence-electron chi connectivity index (χ1n) is 6.73. The minimum atomic E-state index is -0.385. The molecule has 22 heavy (non-hydrogen) atoms. The van der Waals surface area contributed by atoms with E-state index in [-0.39, 0.29) is 11.7 Å². The Balaban J connectivity index is 1.86. The number of nitrogens with one attached hydrogen (secondary N) is 1. The summed E-state index contributed by atoms with van der Waals surface area (Å²) in [4.78, 5) is 17.3. The van der Waals surface area contributed by atoms with Crippen LogP contribution in [0.5, 0.6) is 0 Å². The van der Waals surface area contributed by atoms with Crippen molar-refractivity contribution in [3.05, 3.63) is 71.0 Å². The van der Waals surface area contributed by atoms with Crippen molar-refractivity contribution in [1.29, 1.82) is 0 Å². The fraction of sp³-hybridized carbons (Fsp3) is 0.0588. The number of carbonyl (C=O) groups excluding carboxylic acids is 1. The fourth-order valence-corrected chi connectivity index (χ4v) is 3.03.